The van der Waals surface area contributed by atoms with Gasteiger partial charge in [-0.25, -0.2) is 22.2 Å². The Morgan fingerprint density at radius 3 is 2.13 bits per heavy atom. The molecular weight excluding hydrogens is 244 g/mol. The summed E-state index contributed by atoms with van der Waals surface area (Å²) in [6.45, 7) is 0. The molecule has 0 aromatic carbocycles. The smallest absolute Gasteiger partial charge is 0.288 e. The molecule has 0 aliphatic carbocycles. The second-order valence-electron chi connectivity index (χ2n) is 2.10. The Labute approximate surface area is 83.1 Å². The summed E-state index contributed by atoms with van der Waals surface area (Å²) in [6.07, 6.45) is -1.27. The predicted molar refractivity (Wildman–Crippen MR) is 41.4 cm³/mol. The van der Waals surface area contributed by atoms with Crippen LogP contribution in [0.15, 0.2) is 18.7 Å². The number of thiol groups is 1. The zero-order valence-corrected chi connectivity index (χ0v) is 7.82. The highest BCUT2D eigenvalue weighted by atomic mass is 32.2. The molecule has 0 fully saturated rings. The molecule has 5 nitrogen and oxygen atoms in total. The van der Waals surface area contributed by atoms with E-state index in [0.717, 1.165) is 12.4 Å². The molecule has 0 aliphatic rings. The predicted octanol–water partition coefficient (Wildman–Crippen LogP) is 0.768. The first-order valence-corrected chi connectivity index (χ1v) is 4.39. The van der Waals surface area contributed by atoms with Crippen LogP contribution in [-0.4, -0.2) is 28.9 Å². The van der Waals surface area contributed by atoms with Gasteiger partial charge in [-0.2, -0.15) is 8.78 Å². The molecule has 0 aliphatic heterocycles. The Kier molecular flexibility index (Phi) is 5.22. The first kappa shape index (κ1) is 13.8. The van der Waals surface area contributed by atoms with Crippen molar-refractivity contribution < 1.29 is 30.5 Å². The highest BCUT2D eigenvalue weighted by molar-refractivity contribution is 7.66. The lowest BCUT2D eigenvalue weighted by Gasteiger charge is -2.15. The van der Waals surface area contributed by atoms with Crippen molar-refractivity contribution in [3.63, 3.8) is 0 Å². The standard InChI is InChI=1S/C5H4F4N2.H2O3S/c6-4(7)5(8,9)11-2-1-10-3-11;1-4(2)3/h1-4H;4H,(H,1,2,3). The highest BCUT2D eigenvalue weighted by Gasteiger charge is 2.42. The fourth-order valence-electron chi connectivity index (χ4n) is 0.548. The first-order valence-electron chi connectivity index (χ1n) is 3.26. The molecule has 15 heavy (non-hydrogen) atoms. The molecule has 1 rings (SSSR count). The van der Waals surface area contributed by atoms with Gasteiger partial charge in [0, 0.05) is 12.4 Å². The maximum Gasteiger partial charge on any atom is 0.390 e. The lowest BCUT2D eigenvalue weighted by atomic mass is 10.5. The van der Waals surface area contributed by atoms with Crippen molar-refractivity contribution in [1.29, 1.82) is 0 Å². The summed E-state index contributed by atoms with van der Waals surface area (Å²) in [5, 5.41) is 0. The van der Waals surface area contributed by atoms with Gasteiger partial charge < -0.3 is 0 Å². The molecule has 0 atom stereocenters. The Morgan fingerprint density at radius 1 is 1.40 bits per heavy atom. The first-order chi connectivity index (χ1) is 6.78. The molecule has 0 amide bonds. The van der Waals surface area contributed by atoms with Crippen LogP contribution in [0.2, 0.25) is 0 Å². The van der Waals surface area contributed by atoms with Gasteiger partial charge in [-0.1, -0.05) is 0 Å². The fraction of sp³-hybridized carbons (Fsp3) is 0.400. The van der Waals surface area contributed by atoms with E-state index in [0.29, 0.717) is 6.33 Å². The largest absolute Gasteiger partial charge is 0.390 e. The highest BCUT2D eigenvalue weighted by Crippen LogP contribution is 2.27. The molecule has 1 N–H and O–H groups in total. The minimum atomic E-state index is -4.16. The molecule has 0 bridgehead atoms. The van der Waals surface area contributed by atoms with E-state index in [1.54, 1.807) is 0 Å². The monoisotopic (exact) mass is 250 g/mol. The number of alkyl halides is 4. The van der Waals surface area contributed by atoms with E-state index in [4.69, 9.17) is 13.0 Å². The second kappa shape index (κ2) is 5.66. The van der Waals surface area contributed by atoms with Crippen molar-refractivity contribution in [2.24, 2.45) is 0 Å². The van der Waals surface area contributed by atoms with E-state index in [-0.39, 0.29) is 4.57 Å². The van der Waals surface area contributed by atoms with Crippen molar-refractivity contribution in [2.75, 3.05) is 0 Å². The minimum Gasteiger partial charge on any atom is -0.288 e. The normalized spacial score (nSPS) is 11.4. The summed E-state index contributed by atoms with van der Waals surface area (Å²) in [5.41, 5.74) is 0. The zero-order chi connectivity index (χ0) is 12.1. The van der Waals surface area contributed by atoms with Crippen LogP contribution in [0, 0.1) is 0 Å². The van der Waals surface area contributed by atoms with Gasteiger partial charge in [0.1, 0.15) is 0 Å². The van der Waals surface area contributed by atoms with Crippen molar-refractivity contribution in [3.8, 4) is 0 Å². The molecule has 88 valence electrons. The van der Waals surface area contributed by atoms with Crippen LogP contribution >= 0.6 is 0 Å². The molecule has 0 unspecified atom stereocenters. The van der Waals surface area contributed by atoms with Crippen LogP contribution in [-0.2, 0) is 17.0 Å². The molecule has 0 saturated heterocycles. The van der Waals surface area contributed by atoms with Gasteiger partial charge in [0.15, 0.2) is 0 Å². The third-order valence-corrected chi connectivity index (χ3v) is 1.11. The summed E-state index contributed by atoms with van der Waals surface area (Å²) >= 11 is 0. The summed E-state index contributed by atoms with van der Waals surface area (Å²) in [4.78, 5) is 3.22. The zero-order valence-electron chi connectivity index (χ0n) is 6.93. The molecular formula is C5H6F4N2O3S. The quantitative estimate of drug-likeness (QED) is 0.462. The van der Waals surface area contributed by atoms with Gasteiger partial charge in [0.2, 0.25) is 0 Å². The Morgan fingerprint density at radius 2 is 1.87 bits per heavy atom. The van der Waals surface area contributed by atoms with Gasteiger partial charge in [0.25, 0.3) is 11.0 Å². The summed E-state index contributed by atoms with van der Waals surface area (Å²) in [7, 11) is -3.12. The number of rotatable bonds is 2. The van der Waals surface area contributed by atoms with Gasteiger partial charge in [-0.05, 0) is 0 Å². The van der Waals surface area contributed by atoms with Crippen LogP contribution in [0.4, 0.5) is 17.6 Å². The molecule has 0 saturated carbocycles. The minimum absolute atomic E-state index is 0.0671. The van der Waals surface area contributed by atoms with E-state index in [2.05, 4.69) is 4.98 Å². The number of hydrogen-bond acceptors (Lipinski definition) is 3. The lowest BCUT2D eigenvalue weighted by molar-refractivity contribution is -0.189. The molecule has 10 heteroatoms. The second-order valence-corrected chi connectivity index (χ2v) is 2.57. The number of imidazole rings is 1. The van der Waals surface area contributed by atoms with Crippen LogP contribution in [0.1, 0.15) is 0 Å². The van der Waals surface area contributed by atoms with Crippen LogP contribution in [0.5, 0.6) is 0 Å². The van der Waals surface area contributed by atoms with Crippen molar-refractivity contribution in [3.05, 3.63) is 18.7 Å². The fourth-order valence-corrected chi connectivity index (χ4v) is 0.548. The number of nitrogens with zero attached hydrogens (tertiary/aromatic N) is 2. The van der Waals surface area contributed by atoms with Crippen LogP contribution < -0.4 is 0 Å². The molecule has 0 spiro atoms. The molecule has 1 heterocycles. The number of halogens is 4. The average molecular weight is 250 g/mol. The molecule has 1 aromatic rings. The summed E-state index contributed by atoms with van der Waals surface area (Å²) in [6, 6.07) is -4.16. The van der Waals surface area contributed by atoms with Crippen LogP contribution in [0.3, 0.4) is 0 Å². The van der Waals surface area contributed by atoms with Crippen molar-refractivity contribution in [1.82, 2.24) is 9.55 Å². The maximum atomic E-state index is 12.3. The molecule has 1 aromatic heterocycles. The topological polar surface area (TPSA) is 72.2 Å². The molecule has 0 radical (unpaired) electrons. The SMILES string of the molecule is FC(F)C(F)(F)n1ccnc1.O=[SH](=O)O. The average Bonchev–Trinajstić information content (AvgIpc) is 2.54. The number of hydrogen-bond donors (Lipinski definition) is 2. The van der Waals surface area contributed by atoms with E-state index in [9.17, 15) is 17.6 Å². The lowest BCUT2D eigenvalue weighted by Crippen LogP contribution is -2.30. The summed E-state index contributed by atoms with van der Waals surface area (Å²) < 4.78 is 72.0. The van der Waals surface area contributed by atoms with Crippen LogP contribution in [0.25, 0.3) is 0 Å². The summed E-state index contributed by atoms with van der Waals surface area (Å²) in [5.74, 6) is 0. The third-order valence-electron chi connectivity index (χ3n) is 1.11. The number of aromatic nitrogens is 2. The van der Waals surface area contributed by atoms with Gasteiger partial charge in [-0.3, -0.25) is 9.12 Å². The van der Waals surface area contributed by atoms with E-state index in [1.165, 1.54) is 0 Å². The third kappa shape index (κ3) is 4.74. The van der Waals surface area contributed by atoms with Gasteiger partial charge >= 0.3 is 12.5 Å². The van der Waals surface area contributed by atoms with Gasteiger partial charge in [0.05, 0.1) is 6.33 Å². The Balaban J connectivity index is 0.000000423. The maximum absolute atomic E-state index is 12.3. The van der Waals surface area contributed by atoms with E-state index < -0.39 is 23.5 Å². The van der Waals surface area contributed by atoms with Crippen molar-refractivity contribution >= 4 is 11.0 Å². The van der Waals surface area contributed by atoms with Gasteiger partial charge in [-0.15, -0.1) is 0 Å². The van der Waals surface area contributed by atoms with E-state index in [1.807, 2.05) is 0 Å². The Hall–Kier alpha value is -1.16. The Bertz CT molecular complexity index is 343. The van der Waals surface area contributed by atoms with Crippen molar-refractivity contribution in [2.45, 2.75) is 12.5 Å². The van der Waals surface area contributed by atoms with E-state index >= 15 is 0 Å².